The van der Waals surface area contributed by atoms with Gasteiger partial charge < -0.3 is 13.9 Å². The molecule has 30 heavy (non-hydrogen) atoms. The first-order valence-electron chi connectivity index (χ1n) is 9.39. The van der Waals surface area contributed by atoms with Gasteiger partial charge in [0.05, 0.1) is 18.7 Å². The van der Waals surface area contributed by atoms with E-state index in [1.54, 1.807) is 17.8 Å². The van der Waals surface area contributed by atoms with E-state index in [1.165, 1.54) is 18.3 Å². The molecule has 0 radical (unpaired) electrons. The highest BCUT2D eigenvalue weighted by molar-refractivity contribution is 7.16. The van der Waals surface area contributed by atoms with Gasteiger partial charge in [-0.25, -0.2) is 13.9 Å². The summed E-state index contributed by atoms with van der Waals surface area (Å²) >= 11 is 1.22. The van der Waals surface area contributed by atoms with E-state index in [2.05, 4.69) is 10.1 Å². The van der Waals surface area contributed by atoms with Crippen LogP contribution in [0.2, 0.25) is 0 Å². The summed E-state index contributed by atoms with van der Waals surface area (Å²) < 4.78 is 32.6. The van der Waals surface area contributed by atoms with Gasteiger partial charge in [-0.2, -0.15) is 5.10 Å². The second kappa shape index (κ2) is 7.46. The molecule has 0 fully saturated rings. The van der Waals surface area contributed by atoms with Gasteiger partial charge in [-0.15, -0.1) is 0 Å². The maximum Gasteiger partial charge on any atom is 0.212 e. The summed E-state index contributed by atoms with van der Waals surface area (Å²) in [5.41, 5.74) is 2.32. The number of furan rings is 1. The van der Waals surface area contributed by atoms with E-state index in [-0.39, 0.29) is 0 Å². The van der Waals surface area contributed by atoms with Crippen molar-refractivity contribution in [1.29, 1.82) is 0 Å². The lowest BCUT2D eigenvalue weighted by atomic mass is 10.2. The quantitative estimate of drug-likeness (QED) is 0.344. The van der Waals surface area contributed by atoms with E-state index in [0.29, 0.717) is 45.1 Å². The Hall–Kier alpha value is -3.39. The molecule has 0 aliphatic heterocycles. The van der Waals surface area contributed by atoms with Gasteiger partial charge in [0, 0.05) is 12.1 Å². The lowest BCUT2D eigenvalue weighted by Crippen LogP contribution is -1.96. The third kappa shape index (κ3) is 3.39. The minimum absolute atomic E-state index is 0.398. The van der Waals surface area contributed by atoms with Gasteiger partial charge in [0.1, 0.15) is 29.4 Å². The normalized spacial score (nSPS) is 12.5. The molecule has 2 aromatic carbocycles. The molecule has 152 valence electrons. The molecule has 5 aromatic rings. The minimum Gasteiger partial charge on any atom is -0.496 e. The molecule has 1 unspecified atom stereocenters. The van der Waals surface area contributed by atoms with Crippen molar-refractivity contribution in [3.05, 3.63) is 65.3 Å². The van der Waals surface area contributed by atoms with E-state index in [9.17, 15) is 4.39 Å². The largest absolute Gasteiger partial charge is 0.496 e. The Balaban J connectivity index is 1.51. The van der Waals surface area contributed by atoms with Crippen molar-refractivity contribution in [3.8, 4) is 23.0 Å². The van der Waals surface area contributed by atoms with Crippen LogP contribution >= 0.6 is 11.3 Å². The molecule has 8 heteroatoms. The van der Waals surface area contributed by atoms with Crippen LogP contribution in [0.3, 0.4) is 0 Å². The Kier molecular flexibility index (Phi) is 4.63. The lowest BCUT2D eigenvalue weighted by molar-refractivity contribution is 0.307. The number of imidazole rings is 1. The molecule has 3 heterocycles. The zero-order valence-electron chi connectivity index (χ0n) is 16.3. The number of methoxy groups -OCH3 is 1. The van der Waals surface area contributed by atoms with Gasteiger partial charge >= 0.3 is 0 Å². The van der Waals surface area contributed by atoms with Gasteiger partial charge in [-0.1, -0.05) is 41.7 Å². The molecule has 0 spiro atoms. The number of hydrogen-bond donors (Lipinski definition) is 0. The predicted octanol–water partition coefficient (Wildman–Crippen LogP) is 5.82. The van der Waals surface area contributed by atoms with Crippen molar-refractivity contribution < 1.29 is 18.3 Å². The Bertz CT molecular complexity index is 1290. The van der Waals surface area contributed by atoms with Crippen molar-refractivity contribution in [2.24, 2.45) is 0 Å². The third-order valence-corrected chi connectivity index (χ3v) is 5.77. The predicted molar refractivity (Wildman–Crippen MR) is 113 cm³/mol. The molecule has 1 atom stereocenters. The van der Waals surface area contributed by atoms with Crippen LogP contribution in [0.5, 0.6) is 11.5 Å². The molecule has 0 bridgehead atoms. The van der Waals surface area contributed by atoms with Crippen LogP contribution in [0, 0.1) is 0 Å². The van der Waals surface area contributed by atoms with Gasteiger partial charge in [-0.3, -0.25) is 0 Å². The van der Waals surface area contributed by atoms with Crippen LogP contribution in [-0.2, 0) is 6.61 Å². The highest BCUT2D eigenvalue weighted by Crippen LogP contribution is 2.37. The number of fused-ring (bicyclic) bond motifs is 2. The molecule has 0 aliphatic rings. The number of alkyl halides is 1. The molecule has 3 aromatic heterocycles. The van der Waals surface area contributed by atoms with Crippen LogP contribution in [-0.4, -0.2) is 21.7 Å². The molecular weight excluding hydrogens is 405 g/mol. The molecular formula is C22H18FN3O3S. The van der Waals surface area contributed by atoms with E-state index in [1.807, 2.05) is 48.5 Å². The third-order valence-electron chi connectivity index (χ3n) is 4.70. The molecule has 5 rings (SSSR count). The number of ether oxygens (including phenoxy) is 2. The number of aromatic nitrogens is 3. The maximum absolute atomic E-state index is 13.5. The van der Waals surface area contributed by atoms with Gasteiger partial charge in [-0.05, 0) is 18.6 Å². The molecule has 0 amide bonds. The topological polar surface area (TPSA) is 61.8 Å². The molecule has 6 nitrogen and oxygen atoms in total. The maximum atomic E-state index is 13.5. The van der Waals surface area contributed by atoms with Gasteiger partial charge in [0.2, 0.25) is 4.96 Å². The van der Waals surface area contributed by atoms with Crippen LogP contribution in [0.1, 0.15) is 23.7 Å². The van der Waals surface area contributed by atoms with Crippen molar-refractivity contribution in [3.63, 3.8) is 0 Å². The Morgan fingerprint density at radius 2 is 2.03 bits per heavy atom. The zero-order chi connectivity index (χ0) is 20.7. The number of nitrogens with zero attached hydrogens (tertiary/aromatic N) is 3. The smallest absolute Gasteiger partial charge is 0.212 e. The van der Waals surface area contributed by atoms with Crippen LogP contribution < -0.4 is 9.47 Å². The van der Waals surface area contributed by atoms with Crippen molar-refractivity contribution in [2.45, 2.75) is 19.7 Å². The fraction of sp³-hybridized carbons (Fsp3) is 0.182. The number of halogens is 1. The number of hydrogen-bond acceptors (Lipinski definition) is 6. The second-order valence-corrected chi connectivity index (χ2v) is 7.82. The first-order chi connectivity index (χ1) is 14.6. The summed E-state index contributed by atoms with van der Waals surface area (Å²) in [5, 5.41) is 5.45. The Morgan fingerprint density at radius 1 is 1.20 bits per heavy atom. The number of rotatable bonds is 6. The molecule has 0 saturated carbocycles. The van der Waals surface area contributed by atoms with Crippen LogP contribution in [0.15, 0.2) is 59.1 Å². The van der Waals surface area contributed by atoms with E-state index in [4.69, 9.17) is 13.9 Å². The first-order valence-corrected chi connectivity index (χ1v) is 10.2. The zero-order valence-corrected chi connectivity index (χ0v) is 17.1. The summed E-state index contributed by atoms with van der Waals surface area (Å²) in [6, 6.07) is 15.5. The van der Waals surface area contributed by atoms with Crippen molar-refractivity contribution in [1.82, 2.24) is 14.6 Å². The summed E-state index contributed by atoms with van der Waals surface area (Å²) in [6.07, 6.45) is 0.611. The Labute approximate surface area is 175 Å². The van der Waals surface area contributed by atoms with E-state index >= 15 is 0 Å². The summed E-state index contributed by atoms with van der Waals surface area (Å²) in [7, 11) is 1.60. The SMILES string of the molecule is COc1cc(OCc2ccccc2)c2cc(-c3cn4nc(C(C)F)sc4n3)oc2c1. The molecule has 0 aliphatic carbocycles. The first kappa shape index (κ1) is 18.6. The monoisotopic (exact) mass is 423 g/mol. The van der Waals surface area contributed by atoms with Gasteiger partial charge in [0.15, 0.2) is 16.9 Å². The number of benzene rings is 2. The average Bonchev–Trinajstić information content (AvgIpc) is 3.45. The van der Waals surface area contributed by atoms with Gasteiger partial charge in [0.25, 0.3) is 0 Å². The molecule has 0 saturated heterocycles. The second-order valence-electron chi connectivity index (χ2n) is 6.83. The fourth-order valence-electron chi connectivity index (χ4n) is 3.18. The van der Waals surface area contributed by atoms with E-state index in [0.717, 1.165) is 10.9 Å². The van der Waals surface area contributed by atoms with Crippen LogP contribution in [0.25, 0.3) is 27.4 Å². The molecule has 0 N–H and O–H groups in total. The van der Waals surface area contributed by atoms with Crippen LogP contribution in [0.4, 0.5) is 4.39 Å². The Morgan fingerprint density at radius 3 is 2.77 bits per heavy atom. The lowest BCUT2D eigenvalue weighted by Gasteiger charge is -2.09. The highest BCUT2D eigenvalue weighted by Gasteiger charge is 2.18. The van der Waals surface area contributed by atoms with E-state index < -0.39 is 6.17 Å². The summed E-state index contributed by atoms with van der Waals surface area (Å²) in [4.78, 5) is 5.15. The average molecular weight is 423 g/mol. The minimum atomic E-state index is -1.12. The summed E-state index contributed by atoms with van der Waals surface area (Å²) in [5.74, 6) is 1.88. The highest BCUT2D eigenvalue weighted by atomic mass is 32.1. The standard InChI is InChI=1S/C22H18FN3O3S/c1-13(23)21-25-26-11-17(24-22(26)30-21)20-10-16-18(8-15(27-2)9-19(16)29-20)28-12-14-6-4-3-5-7-14/h3-11,13H,12H2,1-2H3. The van der Waals surface area contributed by atoms with Crippen molar-refractivity contribution >= 4 is 27.3 Å². The van der Waals surface area contributed by atoms with Crippen molar-refractivity contribution in [2.75, 3.05) is 7.11 Å². The summed E-state index contributed by atoms with van der Waals surface area (Å²) in [6.45, 7) is 1.89. The fourth-order valence-corrected chi connectivity index (χ4v) is 3.99.